The minimum atomic E-state index is -0.353. The minimum Gasteiger partial charge on any atom is -0.398 e. The highest BCUT2D eigenvalue weighted by Crippen LogP contribution is 2.51. The van der Waals surface area contributed by atoms with Crippen LogP contribution in [0.4, 0.5) is 5.69 Å². The molecule has 28 heavy (non-hydrogen) atoms. The molecule has 6 heteroatoms. The fourth-order valence-corrected chi connectivity index (χ4v) is 4.23. The van der Waals surface area contributed by atoms with Gasteiger partial charge in [0.05, 0.1) is 17.7 Å². The maximum absolute atomic E-state index is 12.8. The van der Waals surface area contributed by atoms with Crippen molar-refractivity contribution in [3.05, 3.63) is 63.7 Å². The van der Waals surface area contributed by atoms with Crippen LogP contribution in [-0.4, -0.2) is 42.3 Å². The van der Waals surface area contributed by atoms with Gasteiger partial charge in [-0.25, -0.2) is 0 Å². The summed E-state index contributed by atoms with van der Waals surface area (Å²) in [7, 11) is 4.18. The Morgan fingerprint density at radius 2 is 1.89 bits per heavy atom. The van der Waals surface area contributed by atoms with Gasteiger partial charge in [-0.1, -0.05) is 35.9 Å². The lowest BCUT2D eigenvalue weighted by molar-refractivity contribution is 0.0642. The highest BCUT2D eigenvalue weighted by molar-refractivity contribution is 6.33. The minimum absolute atomic E-state index is 0.236. The number of benzene rings is 2. The molecule has 0 atom stereocenters. The average Bonchev–Trinajstić information content (AvgIpc) is 3.40. The van der Waals surface area contributed by atoms with Crippen LogP contribution in [0.5, 0.6) is 0 Å². The first-order chi connectivity index (χ1) is 13.3. The van der Waals surface area contributed by atoms with E-state index >= 15 is 0 Å². The molecule has 2 N–H and O–H groups in total. The first kappa shape index (κ1) is 19.0. The van der Waals surface area contributed by atoms with Crippen LogP contribution in [0.25, 0.3) is 0 Å². The average molecular weight is 398 g/mol. The van der Waals surface area contributed by atoms with Crippen molar-refractivity contribution in [2.45, 2.75) is 31.2 Å². The number of nitrogen functional groups attached to an aromatic ring is 1. The van der Waals surface area contributed by atoms with Gasteiger partial charge in [-0.2, -0.15) is 0 Å². The van der Waals surface area contributed by atoms with E-state index in [0.717, 1.165) is 18.5 Å². The summed E-state index contributed by atoms with van der Waals surface area (Å²) < 4.78 is 0. The maximum atomic E-state index is 12.8. The number of carbonyl (C=O) groups excluding carboxylic acids is 2. The highest BCUT2D eigenvalue weighted by atomic mass is 35.5. The molecule has 0 saturated heterocycles. The van der Waals surface area contributed by atoms with Crippen LogP contribution < -0.4 is 5.73 Å². The van der Waals surface area contributed by atoms with Crippen molar-refractivity contribution >= 4 is 29.1 Å². The van der Waals surface area contributed by atoms with Crippen molar-refractivity contribution in [2.75, 3.05) is 26.4 Å². The number of anilines is 1. The smallest absolute Gasteiger partial charge is 0.263 e. The maximum Gasteiger partial charge on any atom is 0.263 e. The Bertz CT molecular complexity index is 966. The van der Waals surface area contributed by atoms with Crippen LogP contribution in [-0.2, 0) is 12.0 Å². The third kappa shape index (κ3) is 3.29. The van der Waals surface area contributed by atoms with Crippen LogP contribution in [0.15, 0.2) is 36.4 Å². The summed E-state index contributed by atoms with van der Waals surface area (Å²) in [5, 5.41) is 0.359. The molecule has 1 aliphatic heterocycles. The summed E-state index contributed by atoms with van der Waals surface area (Å²) in [6.07, 6.45) is 3.49. The zero-order valence-corrected chi connectivity index (χ0v) is 16.9. The Morgan fingerprint density at radius 1 is 1.14 bits per heavy atom. The second kappa shape index (κ2) is 6.90. The van der Waals surface area contributed by atoms with Crippen molar-refractivity contribution in [2.24, 2.45) is 0 Å². The van der Waals surface area contributed by atoms with Crippen LogP contribution in [0, 0.1) is 0 Å². The van der Waals surface area contributed by atoms with E-state index in [0.29, 0.717) is 5.02 Å². The molecule has 4 rings (SSSR count). The number of imide groups is 1. The number of fused-ring (bicyclic) bond motifs is 1. The number of nitrogens with zero attached hydrogens (tertiary/aromatic N) is 2. The van der Waals surface area contributed by atoms with Gasteiger partial charge < -0.3 is 10.6 Å². The second-order valence-electron chi connectivity index (χ2n) is 8.15. The van der Waals surface area contributed by atoms with Crippen LogP contribution >= 0.6 is 11.6 Å². The molecule has 5 nitrogen and oxygen atoms in total. The molecule has 146 valence electrons. The number of amides is 2. The van der Waals surface area contributed by atoms with E-state index in [4.69, 9.17) is 17.3 Å². The van der Waals surface area contributed by atoms with E-state index in [1.807, 2.05) is 12.1 Å². The molecule has 1 saturated carbocycles. The molecule has 2 aromatic carbocycles. The summed E-state index contributed by atoms with van der Waals surface area (Å²) in [5.41, 5.74) is 9.22. The lowest BCUT2D eigenvalue weighted by atomic mass is 9.91. The van der Waals surface area contributed by atoms with E-state index in [9.17, 15) is 9.59 Å². The van der Waals surface area contributed by atoms with Crippen LogP contribution in [0.1, 0.15) is 51.1 Å². The molecule has 0 aromatic heterocycles. The molecular weight excluding hydrogens is 374 g/mol. The summed E-state index contributed by atoms with van der Waals surface area (Å²) in [5.74, 6) is -0.693. The van der Waals surface area contributed by atoms with E-state index in [-0.39, 0.29) is 40.6 Å². The van der Waals surface area contributed by atoms with Gasteiger partial charge in [0, 0.05) is 10.7 Å². The largest absolute Gasteiger partial charge is 0.398 e. The van der Waals surface area contributed by atoms with Crippen LogP contribution in [0.2, 0.25) is 5.02 Å². The molecule has 1 fully saturated rings. The molecule has 0 unspecified atom stereocenters. The summed E-state index contributed by atoms with van der Waals surface area (Å²) in [6.45, 7) is 1.28. The lowest BCUT2D eigenvalue weighted by Crippen LogP contribution is -2.29. The Kier molecular flexibility index (Phi) is 4.68. The van der Waals surface area contributed by atoms with E-state index < -0.39 is 0 Å². The summed E-state index contributed by atoms with van der Waals surface area (Å²) in [6, 6.07) is 11.3. The zero-order chi connectivity index (χ0) is 20.1. The number of rotatable bonds is 6. The van der Waals surface area contributed by atoms with Gasteiger partial charge >= 0.3 is 0 Å². The van der Waals surface area contributed by atoms with Crippen molar-refractivity contribution in [3.8, 4) is 0 Å². The second-order valence-corrected chi connectivity index (χ2v) is 8.58. The molecule has 1 heterocycles. The topological polar surface area (TPSA) is 66.6 Å². The SMILES string of the molecule is CN(C)CCC1(c2cccc(CN3C(=O)c4cc(Cl)cc(N)c4C3=O)c2)CC1. The first-order valence-electron chi connectivity index (χ1n) is 9.50. The van der Waals surface area contributed by atoms with Gasteiger partial charge in [-0.3, -0.25) is 14.5 Å². The predicted molar refractivity (Wildman–Crippen MR) is 111 cm³/mol. The van der Waals surface area contributed by atoms with Crippen molar-refractivity contribution < 1.29 is 9.59 Å². The van der Waals surface area contributed by atoms with E-state index in [1.54, 1.807) is 0 Å². The van der Waals surface area contributed by atoms with Gasteiger partial charge in [0.15, 0.2) is 0 Å². The Hall–Kier alpha value is -2.37. The molecule has 0 bridgehead atoms. The summed E-state index contributed by atoms with van der Waals surface area (Å²) in [4.78, 5) is 29.0. The van der Waals surface area contributed by atoms with Gasteiger partial charge in [0.25, 0.3) is 11.8 Å². The molecule has 0 spiro atoms. The zero-order valence-electron chi connectivity index (χ0n) is 16.2. The van der Waals surface area contributed by atoms with E-state index in [2.05, 4.69) is 31.1 Å². The van der Waals surface area contributed by atoms with Crippen molar-refractivity contribution in [3.63, 3.8) is 0 Å². The van der Waals surface area contributed by atoms with Gasteiger partial charge in [0.1, 0.15) is 0 Å². The monoisotopic (exact) mass is 397 g/mol. The van der Waals surface area contributed by atoms with Gasteiger partial charge in [-0.05, 0) is 68.6 Å². The van der Waals surface area contributed by atoms with Crippen molar-refractivity contribution in [1.29, 1.82) is 0 Å². The Morgan fingerprint density at radius 3 is 2.57 bits per heavy atom. The van der Waals surface area contributed by atoms with Crippen molar-refractivity contribution in [1.82, 2.24) is 9.80 Å². The number of hydrogen-bond donors (Lipinski definition) is 1. The number of halogens is 1. The quantitative estimate of drug-likeness (QED) is 0.596. The van der Waals surface area contributed by atoms with E-state index in [1.165, 1.54) is 35.4 Å². The summed E-state index contributed by atoms with van der Waals surface area (Å²) >= 11 is 6.01. The fraction of sp³-hybridized carbons (Fsp3) is 0.364. The number of carbonyl (C=O) groups is 2. The number of hydrogen-bond acceptors (Lipinski definition) is 4. The normalized spacial score (nSPS) is 17.4. The third-order valence-electron chi connectivity index (χ3n) is 5.84. The standard InChI is InChI=1S/C22H24ClN3O2/c1-25(2)9-8-22(6-7-22)15-5-3-4-14(10-15)13-26-20(27)17-11-16(23)12-18(24)19(17)21(26)28/h3-5,10-12H,6-9,13,24H2,1-2H3. The van der Waals surface area contributed by atoms with Gasteiger partial charge in [-0.15, -0.1) is 0 Å². The van der Waals surface area contributed by atoms with Gasteiger partial charge in [0.2, 0.25) is 0 Å². The molecule has 2 aromatic rings. The predicted octanol–water partition coefficient (Wildman–Crippen LogP) is 3.70. The molecule has 0 radical (unpaired) electrons. The van der Waals surface area contributed by atoms with Crippen LogP contribution in [0.3, 0.4) is 0 Å². The molecule has 2 aliphatic rings. The molecule has 1 aliphatic carbocycles. The fourth-order valence-electron chi connectivity index (χ4n) is 4.01. The highest BCUT2D eigenvalue weighted by Gasteiger charge is 2.44. The first-order valence-corrected chi connectivity index (χ1v) is 9.88. The molecular formula is C22H24ClN3O2. The number of nitrogens with two attached hydrogens (primary N) is 1. The Labute approximate surface area is 170 Å². The Balaban J connectivity index is 1.57. The lowest BCUT2D eigenvalue weighted by Gasteiger charge is -2.20. The third-order valence-corrected chi connectivity index (χ3v) is 6.06. The molecule has 2 amide bonds.